The van der Waals surface area contributed by atoms with E-state index in [9.17, 15) is 4.79 Å². The number of carbonyl (C=O) groups excluding carboxylic acids is 1. The maximum atomic E-state index is 12.4. The lowest BCUT2D eigenvalue weighted by Gasteiger charge is -2.33. The fourth-order valence-corrected chi connectivity index (χ4v) is 3.32. The number of rotatable bonds is 5. The van der Waals surface area contributed by atoms with Gasteiger partial charge >= 0.3 is 0 Å². The fraction of sp³-hybridized carbons (Fsp3) is 0.381. The molecule has 28 heavy (non-hydrogen) atoms. The summed E-state index contributed by atoms with van der Waals surface area (Å²) in [6.07, 6.45) is 3.01. The van der Waals surface area contributed by atoms with Crippen molar-refractivity contribution in [3.05, 3.63) is 59.9 Å². The third-order valence-corrected chi connectivity index (χ3v) is 5.09. The molecular formula is C21H24N4O3. The Morgan fingerprint density at radius 3 is 2.50 bits per heavy atom. The molecule has 1 amide bonds. The number of amides is 1. The number of aromatic nitrogens is 2. The van der Waals surface area contributed by atoms with Crippen LogP contribution in [-0.2, 0) is 6.54 Å². The SMILES string of the molecule is CC(C)c1ccc(-c2noc(CN3CCN(C(=O)c4ccoc4)CC3)n2)cc1. The van der Waals surface area contributed by atoms with Crippen LogP contribution < -0.4 is 0 Å². The molecule has 0 radical (unpaired) electrons. The standard InChI is InChI=1S/C21H24N4O3/c1-15(2)16-3-5-17(6-4-16)20-22-19(28-23-20)13-24-8-10-25(11-9-24)21(26)18-7-12-27-14-18/h3-7,12,14-15H,8-11,13H2,1-2H3. The second-order valence-electron chi connectivity index (χ2n) is 7.37. The van der Waals surface area contributed by atoms with Crippen LogP contribution in [0.5, 0.6) is 0 Å². The highest BCUT2D eigenvalue weighted by molar-refractivity contribution is 5.93. The van der Waals surface area contributed by atoms with E-state index in [1.165, 1.54) is 18.1 Å². The number of carbonyl (C=O) groups is 1. The monoisotopic (exact) mass is 380 g/mol. The van der Waals surface area contributed by atoms with Gasteiger partial charge < -0.3 is 13.8 Å². The van der Waals surface area contributed by atoms with Crippen molar-refractivity contribution in [2.45, 2.75) is 26.3 Å². The molecule has 2 aromatic heterocycles. The first-order valence-electron chi connectivity index (χ1n) is 9.57. The quantitative estimate of drug-likeness (QED) is 0.675. The van der Waals surface area contributed by atoms with Gasteiger partial charge in [0.2, 0.25) is 11.7 Å². The zero-order valence-corrected chi connectivity index (χ0v) is 16.2. The topological polar surface area (TPSA) is 75.6 Å². The van der Waals surface area contributed by atoms with Crippen molar-refractivity contribution < 1.29 is 13.7 Å². The smallest absolute Gasteiger partial charge is 0.257 e. The molecule has 1 aliphatic heterocycles. The van der Waals surface area contributed by atoms with Crippen LogP contribution >= 0.6 is 0 Å². The molecule has 3 heterocycles. The average molecular weight is 380 g/mol. The van der Waals surface area contributed by atoms with Crippen LogP contribution in [0.2, 0.25) is 0 Å². The number of furan rings is 1. The second-order valence-corrected chi connectivity index (χ2v) is 7.37. The molecule has 0 unspecified atom stereocenters. The molecule has 7 heteroatoms. The van der Waals surface area contributed by atoms with Crippen LogP contribution in [0.1, 0.15) is 41.6 Å². The van der Waals surface area contributed by atoms with E-state index >= 15 is 0 Å². The first kappa shape index (κ1) is 18.4. The molecule has 146 valence electrons. The van der Waals surface area contributed by atoms with Crippen LogP contribution in [0.3, 0.4) is 0 Å². The lowest BCUT2D eigenvalue weighted by atomic mass is 10.0. The van der Waals surface area contributed by atoms with Crippen LogP contribution in [0.15, 0.2) is 51.8 Å². The van der Waals surface area contributed by atoms with Crippen molar-refractivity contribution in [1.82, 2.24) is 19.9 Å². The molecular weight excluding hydrogens is 356 g/mol. The highest BCUT2D eigenvalue weighted by Crippen LogP contribution is 2.21. The van der Waals surface area contributed by atoms with Gasteiger partial charge in [-0.2, -0.15) is 4.98 Å². The molecule has 0 saturated carbocycles. The highest BCUT2D eigenvalue weighted by atomic mass is 16.5. The van der Waals surface area contributed by atoms with E-state index in [4.69, 9.17) is 8.94 Å². The van der Waals surface area contributed by atoms with Crippen LogP contribution in [0.25, 0.3) is 11.4 Å². The van der Waals surface area contributed by atoms with E-state index in [1.807, 2.05) is 17.0 Å². The van der Waals surface area contributed by atoms with Gasteiger partial charge in [0.15, 0.2) is 0 Å². The second kappa shape index (κ2) is 7.98. The summed E-state index contributed by atoms with van der Waals surface area (Å²) in [5.41, 5.74) is 2.84. The van der Waals surface area contributed by atoms with Crippen molar-refractivity contribution in [3.8, 4) is 11.4 Å². The Hall–Kier alpha value is -2.93. The van der Waals surface area contributed by atoms with E-state index in [1.54, 1.807) is 6.07 Å². The molecule has 3 aromatic rings. The first-order chi connectivity index (χ1) is 13.6. The van der Waals surface area contributed by atoms with Crippen LogP contribution in [0.4, 0.5) is 0 Å². The van der Waals surface area contributed by atoms with Gasteiger partial charge in [0, 0.05) is 31.7 Å². The number of benzene rings is 1. The van der Waals surface area contributed by atoms with E-state index in [0.29, 0.717) is 42.8 Å². The predicted octanol–water partition coefficient (Wildman–Crippen LogP) is 3.41. The Kier molecular flexibility index (Phi) is 5.25. The molecule has 1 fully saturated rings. The molecule has 0 aliphatic carbocycles. The Balaban J connectivity index is 1.33. The maximum Gasteiger partial charge on any atom is 0.257 e. The molecule has 7 nitrogen and oxygen atoms in total. The summed E-state index contributed by atoms with van der Waals surface area (Å²) in [5, 5.41) is 4.12. The van der Waals surface area contributed by atoms with Gasteiger partial charge in [0.25, 0.3) is 5.91 Å². The predicted molar refractivity (Wildman–Crippen MR) is 104 cm³/mol. The number of nitrogens with zero attached hydrogens (tertiary/aromatic N) is 4. The van der Waals surface area contributed by atoms with E-state index in [2.05, 4.69) is 41.0 Å². The zero-order chi connectivity index (χ0) is 19.5. The zero-order valence-electron chi connectivity index (χ0n) is 16.2. The van der Waals surface area contributed by atoms with Gasteiger partial charge in [-0.25, -0.2) is 0 Å². The average Bonchev–Trinajstić information content (AvgIpc) is 3.40. The minimum Gasteiger partial charge on any atom is -0.472 e. The molecule has 4 rings (SSSR count). The van der Waals surface area contributed by atoms with Crippen LogP contribution in [0, 0.1) is 0 Å². The van der Waals surface area contributed by atoms with Gasteiger partial charge in [-0.3, -0.25) is 9.69 Å². The van der Waals surface area contributed by atoms with E-state index in [0.717, 1.165) is 18.7 Å². The minimum absolute atomic E-state index is 0.0123. The summed E-state index contributed by atoms with van der Waals surface area (Å²) in [6.45, 7) is 7.80. The van der Waals surface area contributed by atoms with Crippen LogP contribution in [-0.4, -0.2) is 52.0 Å². The van der Waals surface area contributed by atoms with Gasteiger partial charge in [0.1, 0.15) is 6.26 Å². The maximum absolute atomic E-state index is 12.4. The molecule has 1 saturated heterocycles. The minimum atomic E-state index is 0.0123. The summed E-state index contributed by atoms with van der Waals surface area (Å²) in [7, 11) is 0. The number of hydrogen-bond donors (Lipinski definition) is 0. The Morgan fingerprint density at radius 2 is 1.86 bits per heavy atom. The third-order valence-electron chi connectivity index (χ3n) is 5.09. The number of hydrogen-bond acceptors (Lipinski definition) is 6. The summed E-state index contributed by atoms with van der Waals surface area (Å²) in [5.74, 6) is 1.71. The van der Waals surface area contributed by atoms with Crippen molar-refractivity contribution in [2.24, 2.45) is 0 Å². The third kappa shape index (κ3) is 3.99. The summed E-state index contributed by atoms with van der Waals surface area (Å²) in [6, 6.07) is 9.97. The summed E-state index contributed by atoms with van der Waals surface area (Å²) >= 11 is 0. The lowest BCUT2D eigenvalue weighted by molar-refractivity contribution is 0.0614. The van der Waals surface area contributed by atoms with Gasteiger partial charge in [-0.1, -0.05) is 43.3 Å². The molecule has 1 aliphatic rings. The summed E-state index contributed by atoms with van der Waals surface area (Å²) in [4.78, 5) is 21.0. The first-order valence-corrected chi connectivity index (χ1v) is 9.57. The normalized spacial score (nSPS) is 15.3. The molecule has 0 spiro atoms. The number of piperazine rings is 1. The largest absolute Gasteiger partial charge is 0.472 e. The van der Waals surface area contributed by atoms with Crippen molar-refractivity contribution >= 4 is 5.91 Å². The summed E-state index contributed by atoms with van der Waals surface area (Å²) < 4.78 is 10.4. The molecule has 1 aromatic carbocycles. The van der Waals surface area contributed by atoms with E-state index < -0.39 is 0 Å². The lowest BCUT2D eigenvalue weighted by Crippen LogP contribution is -2.48. The Bertz CT molecular complexity index is 908. The highest BCUT2D eigenvalue weighted by Gasteiger charge is 2.24. The van der Waals surface area contributed by atoms with Gasteiger partial charge in [-0.15, -0.1) is 0 Å². The van der Waals surface area contributed by atoms with E-state index in [-0.39, 0.29) is 5.91 Å². The Morgan fingerprint density at radius 1 is 1.11 bits per heavy atom. The van der Waals surface area contributed by atoms with Crippen molar-refractivity contribution in [1.29, 1.82) is 0 Å². The molecule has 0 bridgehead atoms. The molecule has 0 N–H and O–H groups in total. The molecule has 0 atom stereocenters. The van der Waals surface area contributed by atoms with Gasteiger partial charge in [-0.05, 0) is 17.5 Å². The van der Waals surface area contributed by atoms with Crippen molar-refractivity contribution in [2.75, 3.05) is 26.2 Å². The Labute approximate surface area is 163 Å². The van der Waals surface area contributed by atoms with Gasteiger partial charge in [0.05, 0.1) is 18.4 Å². The van der Waals surface area contributed by atoms with Crippen molar-refractivity contribution in [3.63, 3.8) is 0 Å². The fourth-order valence-electron chi connectivity index (χ4n) is 3.32.